The van der Waals surface area contributed by atoms with E-state index < -0.39 is 10.0 Å². The highest BCUT2D eigenvalue weighted by Gasteiger charge is 2.17. The first-order valence-corrected chi connectivity index (χ1v) is 10.4. The molecule has 0 radical (unpaired) electrons. The number of ether oxygens (including phenoxy) is 2. The SMILES string of the molecule is CCCC(C)NS(=O)(=O)c1ccc(NCCOc2ccccc2OC)nc1. The number of sulfonamides is 1. The van der Waals surface area contributed by atoms with E-state index in [0.29, 0.717) is 30.5 Å². The molecule has 0 fully saturated rings. The first kappa shape index (κ1) is 21.0. The van der Waals surface area contributed by atoms with Gasteiger partial charge < -0.3 is 14.8 Å². The van der Waals surface area contributed by atoms with Crippen molar-refractivity contribution >= 4 is 15.8 Å². The fourth-order valence-electron chi connectivity index (χ4n) is 2.55. The summed E-state index contributed by atoms with van der Waals surface area (Å²) in [5.41, 5.74) is 0. The lowest BCUT2D eigenvalue weighted by molar-refractivity contribution is 0.306. The lowest BCUT2D eigenvalue weighted by atomic mass is 10.2. The number of benzene rings is 1. The summed E-state index contributed by atoms with van der Waals surface area (Å²) in [5, 5.41) is 3.10. The molecule has 1 unspecified atom stereocenters. The van der Waals surface area contributed by atoms with E-state index in [-0.39, 0.29) is 10.9 Å². The number of rotatable bonds is 11. The maximum Gasteiger partial charge on any atom is 0.242 e. The van der Waals surface area contributed by atoms with Crippen molar-refractivity contribution < 1.29 is 17.9 Å². The van der Waals surface area contributed by atoms with Gasteiger partial charge in [0.05, 0.1) is 13.7 Å². The zero-order valence-corrected chi connectivity index (χ0v) is 16.8. The van der Waals surface area contributed by atoms with Gasteiger partial charge in [0.25, 0.3) is 0 Å². The van der Waals surface area contributed by atoms with Gasteiger partial charge in [0.2, 0.25) is 10.0 Å². The Morgan fingerprint density at radius 2 is 1.89 bits per heavy atom. The van der Waals surface area contributed by atoms with Crippen LogP contribution in [0.1, 0.15) is 26.7 Å². The summed E-state index contributed by atoms with van der Waals surface area (Å²) in [6, 6.07) is 10.5. The Bertz CT molecular complexity index is 810. The predicted octanol–water partition coefficient (Wildman–Crippen LogP) is 3.05. The smallest absolute Gasteiger partial charge is 0.242 e. The van der Waals surface area contributed by atoms with Gasteiger partial charge in [-0.05, 0) is 37.6 Å². The third-order valence-electron chi connectivity index (χ3n) is 3.86. The molecule has 0 saturated heterocycles. The van der Waals surface area contributed by atoms with Crippen molar-refractivity contribution in [3.63, 3.8) is 0 Å². The van der Waals surface area contributed by atoms with Crippen LogP contribution in [0.3, 0.4) is 0 Å². The van der Waals surface area contributed by atoms with Crippen LogP contribution in [0.2, 0.25) is 0 Å². The molecule has 1 heterocycles. The van der Waals surface area contributed by atoms with E-state index in [4.69, 9.17) is 9.47 Å². The van der Waals surface area contributed by atoms with E-state index in [1.165, 1.54) is 12.3 Å². The topological polar surface area (TPSA) is 89.6 Å². The molecule has 8 heteroatoms. The van der Waals surface area contributed by atoms with Gasteiger partial charge in [-0.3, -0.25) is 0 Å². The molecule has 148 valence electrons. The highest BCUT2D eigenvalue weighted by molar-refractivity contribution is 7.89. The molecule has 7 nitrogen and oxygen atoms in total. The van der Waals surface area contributed by atoms with Crippen LogP contribution in [0, 0.1) is 0 Å². The van der Waals surface area contributed by atoms with Gasteiger partial charge in [0.1, 0.15) is 17.3 Å². The maximum absolute atomic E-state index is 12.3. The molecule has 0 aliphatic carbocycles. The fourth-order valence-corrected chi connectivity index (χ4v) is 3.77. The second-order valence-corrected chi connectivity index (χ2v) is 7.83. The molecule has 1 aromatic heterocycles. The number of para-hydroxylation sites is 2. The number of nitrogens with zero attached hydrogens (tertiary/aromatic N) is 1. The Morgan fingerprint density at radius 1 is 1.15 bits per heavy atom. The average molecular weight is 394 g/mol. The fraction of sp³-hybridized carbons (Fsp3) is 0.421. The van der Waals surface area contributed by atoms with Crippen LogP contribution in [0.15, 0.2) is 47.5 Å². The molecule has 0 aliphatic heterocycles. The molecule has 2 rings (SSSR count). The van der Waals surface area contributed by atoms with E-state index in [0.717, 1.165) is 12.8 Å². The predicted molar refractivity (Wildman–Crippen MR) is 106 cm³/mol. The van der Waals surface area contributed by atoms with Crippen molar-refractivity contribution in [1.29, 1.82) is 0 Å². The minimum atomic E-state index is -3.55. The largest absolute Gasteiger partial charge is 0.493 e. The van der Waals surface area contributed by atoms with Gasteiger partial charge in [0, 0.05) is 12.2 Å². The number of hydrogen-bond acceptors (Lipinski definition) is 6. The zero-order chi connectivity index (χ0) is 19.7. The Kier molecular flexibility index (Phi) is 7.87. The van der Waals surface area contributed by atoms with Gasteiger partial charge in [-0.1, -0.05) is 25.5 Å². The summed E-state index contributed by atoms with van der Waals surface area (Å²) < 4.78 is 38.2. The molecule has 1 aromatic carbocycles. The Balaban J connectivity index is 1.85. The van der Waals surface area contributed by atoms with E-state index in [1.807, 2.05) is 38.1 Å². The number of nitrogens with one attached hydrogen (secondary N) is 2. The minimum absolute atomic E-state index is 0.107. The summed E-state index contributed by atoms with van der Waals surface area (Å²) >= 11 is 0. The lowest BCUT2D eigenvalue weighted by Crippen LogP contribution is -2.32. The third kappa shape index (κ3) is 6.41. The Morgan fingerprint density at radius 3 is 2.52 bits per heavy atom. The normalized spacial score (nSPS) is 12.4. The molecule has 0 bridgehead atoms. The number of aromatic nitrogens is 1. The van der Waals surface area contributed by atoms with Crippen molar-refractivity contribution in [2.45, 2.75) is 37.6 Å². The van der Waals surface area contributed by atoms with Crippen LogP contribution in [-0.2, 0) is 10.0 Å². The van der Waals surface area contributed by atoms with Crippen LogP contribution in [-0.4, -0.2) is 39.7 Å². The average Bonchev–Trinajstić information content (AvgIpc) is 2.65. The van der Waals surface area contributed by atoms with Gasteiger partial charge in [-0.2, -0.15) is 0 Å². The number of pyridine rings is 1. The monoisotopic (exact) mass is 393 g/mol. The number of anilines is 1. The molecule has 0 saturated carbocycles. The van der Waals surface area contributed by atoms with Crippen molar-refractivity contribution in [1.82, 2.24) is 9.71 Å². The van der Waals surface area contributed by atoms with Crippen LogP contribution in [0.25, 0.3) is 0 Å². The van der Waals surface area contributed by atoms with Crippen LogP contribution >= 0.6 is 0 Å². The first-order chi connectivity index (χ1) is 13.0. The molecule has 0 spiro atoms. The van der Waals surface area contributed by atoms with Crippen LogP contribution in [0.5, 0.6) is 11.5 Å². The summed E-state index contributed by atoms with van der Waals surface area (Å²) in [6.07, 6.45) is 3.06. The quantitative estimate of drug-likeness (QED) is 0.571. The van der Waals surface area contributed by atoms with E-state index in [1.54, 1.807) is 13.2 Å². The maximum atomic E-state index is 12.3. The van der Waals surface area contributed by atoms with E-state index >= 15 is 0 Å². The highest BCUT2D eigenvalue weighted by Crippen LogP contribution is 2.25. The highest BCUT2D eigenvalue weighted by atomic mass is 32.2. The molecular weight excluding hydrogens is 366 g/mol. The van der Waals surface area contributed by atoms with Gasteiger partial charge in [0.15, 0.2) is 11.5 Å². The minimum Gasteiger partial charge on any atom is -0.493 e. The number of hydrogen-bond donors (Lipinski definition) is 2. The van der Waals surface area contributed by atoms with Crippen molar-refractivity contribution in [3.05, 3.63) is 42.6 Å². The van der Waals surface area contributed by atoms with Crippen LogP contribution < -0.4 is 19.5 Å². The molecule has 0 amide bonds. The van der Waals surface area contributed by atoms with Gasteiger partial charge in [-0.15, -0.1) is 0 Å². The summed E-state index contributed by atoms with van der Waals surface area (Å²) in [6.45, 7) is 4.80. The Labute approximate surface area is 161 Å². The van der Waals surface area contributed by atoms with Gasteiger partial charge >= 0.3 is 0 Å². The molecule has 2 aromatic rings. The lowest BCUT2D eigenvalue weighted by Gasteiger charge is -2.13. The summed E-state index contributed by atoms with van der Waals surface area (Å²) in [5.74, 6) is 1.93. The molecule has 0 aliphatic rings. The standard InChI is InChI=1S/C19H27N3O4S/c1-4-7-15(2)22-27(23,24)16-10-11-19(21-14-16)20-12-13-26-18-9-6-5-8-17(18)25-3/h5-6,8-11,14-15,22H,4,7,12-13H2,1-3H3,(H,20,21). The van der Waals surface area contributed by atoms with Crippen LogP contribution in [0.4, 0.5) is 5.82 Å². The van der Waals surface area contributed by atoms with Crippen molar-refractivity contribution in [2.75, 3.05) is 25.6 Å². The zero-order valence-electron chi connectivity index (χ0n) is 15.9. The van der Waals surface area contributed by atoms with E-state index in [9.17, 15) is 8.42 Å². The molecular formula is C19H27N3O4S. The molecule has 27 heavy (non-hydrogen) atoms. The van der Waals surface area contributed by atoms with Crippen molar-refractivity contribution in [3.8, 4) is 11.5 Å². The Hall–Kier alpha value is -2.32. The van der Waals surface area contributed by atoms with Gasteiger partial charge in [-0.25, -0.2) is 18.1 Å². The third-order valence-corrected chi connectivity index (χ3v) is 5.43. The second-order valence-electron chi connectivity index (χ2n) is 6.12. The number of methoxy groups -OCH3 is 1. The second kappa shape index (κ2) is 10.1. The molecule has 2 N–H and O–H groups in total. The van der Waals surface area contributed by atoms with E-state index in [2.05, 4.69) is 15.0 Å². The van der Waals surface area contributed by atoms with Crippen molar-refractivity contribution in [2.24, 2.45) is 0 Å². The summed E-state index contributed by atoms with van der Waals surface area (Å²) in [4.78, 5) is 4.32. The summed E-state index contributed by atoms with van der Waals surface area (Å²) in [7, 11) is -1.95. The first-order valence-electron chi connectivity index (χ1n) is 8.94. The molecule has 1 atom stereocenters.